The summed E-state index contributed by atoms with van der Waals surface area (Å²) in [6.45, 7) is 7.49. The third-order valence-electron chi connectivity index (χ3n) is 4.52. The molecule has 0 saturated heterocycles. The Morgan fingerprint density at radius 1 is 1.07 bits per heavy atom. The number of nitrogens with zero attached hydrogens (tertiary/aromatic N) is 1. The molecule has 6 nitrogen and oxygen atoms in total. The summed E-state index contributed by atoms with van der Waals surface area (Å²) in [7, 11) is -3.81. The Bertz CT molecular complexity index is 1180. The second-order valence-electron chi connectivity index (χ2n) is 7.18. The largest absolute Gasteiger partial charge is 0.321 e. The average molecular weight is 444 g/mol. The van der Waals surface area contributed by atoms with E-state index < -0.39 is 10.0 Å². The van der Waals surface area contributed by atoms with E-state index in [0.717, 1.165) is 23.4 Å². The number of rotatable bonds is 7. The minimum atomic E-state index is -3.81. The minimum Gasteiger partial charge on any atom is -0.321 e. The molecule has 0 fully saturated rings. The van der Waals surface area contributed by atoms with Crippen molar-refractivity contribution in [2.24, 2.45) is 0 Å². The molecule has 0 aliphatic carbocycles. The maximum atomic E-state index is 12.9. The first-order chi connectivity index (χ1) is 14.2. The van der Waals surface area contributed by atoms with Crippen molar-refractivity contribution in [3.63, 3.8) is 0 Å². The number of aromatic nitrogens is 1. The molecule has 0 saturated carbocycles. The summed E-state index contributed by atoms with van der Waals surface area (Å²) in [5.41, 5.74) is 3.14. The van der Waals surface area contributed by atoms with Crippen molar-refractivity contribution in [3.05, 3.63) is 69.2 Å². The second kappa shape index (κ2) is 8.97. The van der Waals surface area contributed by atoms with Crippen molar-refractivity contribution in [2.45, 2.75) is 45.4 Å². The molecular weight excluding hydrogens is 418 g/mol. The fourth-order valence-corrected chi connectivity index (χ4v) is 5.44. The molecule has 2 aromatic carbocycles. The fourth-order valence-electron chi connectivity index (χ4n) is 3.06. The van der Waals surface area contributed by atoms with Gasteiger partial charge in [0.2, 0.25) is 0 Å². The third-order valence-corrected chi connectivity index (χ3v) is 7.26. The molecule has 1 aromatic heterocycles. The average Bonchev–Trinajstić information content (AvgIpc) is 3.03. The van der Waals surface area contributed by atoms with Gasteiger partial charge in [0, 0.05) is 11.4 Å². The van der Waals surface area contributed by atoms with Crippen molar-refractivity contribution in [1.82, 2.24) is 4.98 Å². The minimum absolute atomic E-state index is 0.120. The van der Waals surface area contributed by atoms with Crippen molar-refractivity contribution in [3.8, 4) is 0 Å². The smallest absolute Gasteiger partial charge is 0.267 e. The summed E-state index contributed by atoms with van der Waals surface area (Å²) in [6, 6.07) is 12.0. The van der Waals surface area contributed by atoms with Crippen LogP contribution in [0.1, 0.15) is 44.8 Å². The van der Waals surface area contributed by atoms with E-state index in [2.05, 4.69) is 21.9 Å². The summed E-state index contributed by atoms with van der Waals surface area (Å²) in [5.74, 6) is -0.286. The van der Waals surface area contributed by atoms with Crippen LogP contribution in [0.4, 0.5) is 11.4 Å². The predicted molar refractivity (Wildman–Crippen MR) is 122 cm³/mol. The number of hydrogen-bond donors (Lipinski definition) is 2. The third kappa shape index (κ3) is 5.06. The molecule has 0 atom stereocenters. The van der Waals surface area contributed by atoms with Crippen molar-refractivity contribution in [1.29, 1.82) is 0 Å². The van der Waals surface area contributed by atoms with Crippen LogP contribution in [0.2, 0.25) is 0 Å². The van der Waals surface area contributed by atoms with Gasteiger partial charge in [-0.15, -0.1) is 11.3 Å². The Morgan fingerprint density at radius 3 is 2.53 bits per heavy atom. The molecule has 0 unspecified atom stereocenters. The Morgan fingerprint density at radius 2 is 1.83 bits per heavy atom. The van der Waals surface area contributed by atoms with Crippen LogP contribution < -0.4 is 10.0 Å². The van der Waals surface area contributed by atoms with E-state index in [-0.39, 0.29) is 10.8 Å². The van der Waals surface area contributed by atoms with E-state index in [1.165, 1.54) is 17.4 Å². The van der Waals surface area contributed by atoms with Gasteiger partial charge in [0.15, 0.2) is 0 Å². The maximum absolute atomic E-state index is 12.9. The SMILES string of the molecule is CCCc1nc(C)c(C(=O)Nc2ccc(C)c(S(=O)(=O)Nc3cccc(C)c3)c2)s1. The van der Waals surface area contributed by atoms with Gasteiger partial charge in [-0.25, -0.2) is 13.4 Å². The summed E-state index contributed by atoms with van der Waals surface area (Å²) < 4.78 is 28.5. The molecule has 1 heterocycles. The quantitative estimate of drug-likeness (QED) is 0.533. The zero-order chi connectivity index (χ0) is 21.9. The van der Waals surface area contributed by atoms with Crippen LogP contribution in [0.3, 0.4) is 0 Å². The van der Waals surface area contributed by atoms with Gasteiger partial charge in [-0.2, -0.15) is 0 Å². The van der Waals surface area contributed by atoms with Gasteiger partial charge >= 0.3 is 0 Å². The molecule has 158 valence electrons. The predicted octanol–water partition coefficient (Wildman–Crippen LogP) is 5.07. The highest BCUT2D eigenvalue weighted by Gasteiger charge is 2.20. The highest BCUT2D eigenvalue weighted by atomic mass is 32.2. The molecule has 0 radical (unpaired) electrons. The first-order valence-corrected chi connectivity index (χ1v) is 12.0. The zero-order valence-corrected chi connectivity index (χ0v) is 19.1. The highest BCUT2D eigenvalue weighted by molar-refractivity contribution is 7.92. The highest BCUT2D eigenvalue weighted by Crippen LogP contribution is 2.25. The molecule has 0 bridgehead atoms. The maximum Gasteiger partial charge on any atom is 0.267 e. The van der Waals surface area contributed by atoms with Gasteiger partial charge in [0.25, 0.3) is 15.9 Å². The Hall–Kier alpha value is -2.71. The molecule has 0 spiro atoms. The van der Waals surface area contributed by atoms with Crippen LogP contribution in [0.25, 0.3) is 0 Å². The summed E-state index contributed by atoms with van der Waals surface area (Å²) in [6.07, 6.45) is 1.79. The van der Waals surface area contributed by atoms with Gasteiger partial charge in [-0.05, 0) is 69.0 Å². The number of anilines is 2. The Labute approximate surface area is 181 Å². The number of nitrogens with one attached hydrogen (secondary N) is 2. The van der Waals surface area contributed by atoms with Gasteiger partial charge in [-0.1, -0.05) is 25.1 Å². The van der Waals surface area contributed by atoms with E-state index in [9.17, 15) is 13.2 Å². The molecule has 8 heteroatoms. The molecule has 0 aliphatic heterocycles. The topological polar surface area (TPSA) is 88.2 Å². The summed E-state index contributed by atoms with van der Waals surface area (Å²) >= 11 is 1.37. The summed E-state index contributed by atoms with van der Waals surface area (Å²) in [4.78, 5) is 17.8. The Balaban J connectivity index is 1.85. The molecule has 3 aromatic rings. The number of hydrogen-bond acceptors (Lipinski definition) is 5. The number of benzene rings is 2. The van der Waals surface area contributed by atoms with Crippen molar-refractivity contribution >= 4 is 38.6 Å². The van der Waals surface area contributed by atoms with E-state index >= 15 is 0 Å². The van der Waals surface area contributed by atoms with Crippen LogP contribution in [-0.2, 0) is 16.4 Å². The number of amides is 1. The van der Waals surface area contributed by atoms with E-state index in [4.69, 9.17) is 0 Å². The van der Waals surface area contributed by atoms with Crippen LogP contribution in [-0.4, -0.2) is 19.3 Å². The molecule has 0 aliphatic rings. The van der Waals surface area contributed by atoms with E-state index in [0.29, 0.717) is 27.5 Å². The number of thiazole rings is 1. The van der Waals surface area contributed by atoms with Gasteiger partial charge in [-0.3, -0.25) is 9.52 Å². The molecule has 3 rings (SSSR count). The van der Waals surface area contributed by atoms with Gasteiger partial charge < -0.3 is 5.32 Å². The van der Waals surface area contributed by atoms with Crippen LogP contribution in [0.15, 0.2) is 47.4 Å². The number of sulfonamides is 1. The lowest BCUT2D eigenvalue weighted by molar-refractivity contribution is 0.102. The molecular formula is C22H25N3O3S2. The zero-order valence-electron chi connectivity index (χ0n) is 17.4. The lowest BCUT2D eigenvalue weighted by atomic mass is 10.2. The first kappa shape index (κ1) is 22.0. The number of carbonyl (C=O) groups excluding carboxylic acids is 1. The Kier molecular flexibility index (Phi) is 6.58. The van der Waals surface area contributed by atoms with Crippen molar-refractivity contribution < 1.29 is 13.2 Å². The standard InChI is InChI=1S/C22H25N3O3S2/c1-5-7-20-23-16(4)21(29-20)22(26)24-17-11-10-15(3)19(13-17)30(27,28)25-18-9-6-8-14(2)12-18/h6,8-13,25H,5,7H2,1-4H3,(H,24,26). The molecule has 1 amide bonds. The molecule has 30 heavy (non-hydrogen) atoms. The second-order valence-corrected chi connectivity index (χ2v) is 9.92. The van der Waals surface area contributed by atoms with Crippen molar-refractivity contribution in [2.75, 3.05) is 10.0 Å². The monoisotopic (exact) mass is 443 g/mol. The lowest BCUT2D eigenvalue weighted by Crippen LogP contribution is -2.16. The van der Waals surface area contributed by atoms with Crippen LogP contribution in [0, 0.1) is 20.8 Å². The number of aryl methyl sites for hydroxylation is 4. The van der Waals surface area contributed by atoms with Gasteiger partial charge in [0.1, 0.15) is 4.88 Å². The van der Waals surface area contributed by atoms with Crippen LogP contribution in [0.5, 0.6) is 0 Å². The normalized spacial score (nSPS) is 11.3. The lowest BCUT2D eigenvalue weighted by Gasteiger charge is -2.13. The summed E-state index contributed by atoms with van der Waals surface area (Å²) in [5, 5.41) is 3.73. The van der Waals surface area contributed by atoms with E-state index in [1.54, 1.807) is 44.2 Å². The number of carbonyl (C=O) groups is 1. The molecule has 2 N–H and O–H groups in total. The van der Waals surface area contributed by atoms with Gasteiger partial charge in [0.05, 0.1) is 15.6 Å². The first-order valence-electron chi connectivity index (χ1n) is 9.67. The van der Waals surface area contributed by atoms with Crippen LogP contribution >= 0.6 is 11.3 Å². The fraction of sp³-hybridized carbons (Fsp3) is 0.273. The van der Waals surface area contributed by atoms with E-state index in [1.807, 2.05) is 13.0 Å².